The van der Waals surface area contributed by atoms with Crippen molar-refractivity contribution in [2.24, 2.45) is 0 Å². The summed E-state index contributed by atoms with van der Waals surface area (Å²) >= 11 is 12.5. The van der Waals surface area contributed by atoms with E-state index >= 15 is 0 Å². The molecule has 0 aliphatic carbocycles. The first-order valence-electron chi connectivity index (χ1n) is 7.33. The van der Waals surface area contributed by atoms with Crippen LogP contribution >= 0.6 is 23.2 Å². The molecular weight excluding hydrogens is 303 g/mol. The Hall–Kier alpha value is -1.18. The van der Waals surface area contributed by atoms with Crippen LogP contribution in [0, 0.1) is 0 Å². The lowest BCUT2D eigenvalue weighted by Gasteiger charge is -2.10. The molecule has 2 aromatic rings. The topological polar surface area (TPSA) is 20.2 Å². The van der Waals surface area contributed by atoms with Crippen LogP contribution in [-0.2, 0) is 25.7 Å². The van der Waals surface area contributed by atoms with Crippen molar-refractivity contribution >= 4 is 23.2 Å². The van der Waals surface area contributed by atoms with Crippen molar-refractivity contribution in [2.75, 3.05) is 0 Å². The Bertz CT molecular complexity index is 635. The van der Waals surface area contributed by atoms with Gasteiger partial charge in [-0.25, -0.2) is 0 Å². The number of aromatic hydroxyl groups is 1. The smallest absolute Gasteiger partial charge is 0.137 e. The number of phenolic OH excluding ortho intramolecular Hbond substituents is 1. The van der Waals surface area contributed by atoms with Crippen LogP contribution in [0.2, 0.25) is 10.0 Å². The van der Waals surface area contributed by atoms with Gasteiger partial charge in [-0.15, -0.1) is 0 Å². The maximum absolute atomic E-state index is 10.0. The molecule has 0 atom stereocenters. The predicted molar refractivity (Wildman–Crippen MR) is 90.7 cm³/mol. The Balaban J connectivity index is 2.13. The summed E-state index contributed by atoms with van der Waals surface area (Å²) < 4.78 is 0. The molecule has 0 aromatic heterocycles. The summed E-state index contributed by atoms with van der Waals surface area (Å²) in [6.07, 6.45) is 3.36. The molecule has 0 heterocycles. The minimum absolute atomic E-state index is 0.219. The van der Waals surface area contributed by atoms with Gasteiger partial charge in [0.15, 0.2) is 0 Å². The van der Waals surface area contributed by atoms with Crippen molar-refractivity contribution in [1.29, 1.82) is 0 Å². The molecule has 3 heteroatoms. The number of aryl methyl sites for hydroxylation is 4. The number of rotatable bonds is 5. The zero-order valence-corrected chi connectivity index (χ0v) is 13.9. The van der Waals surface area contributed by atoms with Gasteiger partial charge in [-0.2, -0.15) is 0 Å². The lowest BCUT2D eigenvalue weighted by molar-refractivity contribution is 0.468. The average Bonchev–Trinajstić information content (AvgIpc) is 2.49. The fourth-order valence-electron chi connectivity index (χ4n) is 2.44. The highest BCUT2D eigenvalue weighted by Crippen LogP contribution is 2.32. The number of phenols is 1. The van der Waals surface area contributed by atoms with Crippen LogP contribution in [0.25, 0.3) is 0 Å². The van der Waals surface area contributed by atoms with Crippen molar-refractivity contribution in [3.05, 3.63) is 62.6 Å². The number of benzene rings is 2. The molecule has 1 nitrogen and oxygen atoms in total. The van der Waals surface area contributed by atoms with Crippen molar-refractivity contribution in [3.63, 3.8) is 0 Å². The zero-order chi connectivity index (χ0) is 15.4. The van der Waals surface area contributed by atoms with Gasteiger partial charge in [0.2, 0.25) is 0 Å². The Morgan fingerprint density at radius 3 is 2.10 bits per heavy atom. The standard InChI is InChI=1S/C18H20Cl2O/c1-3-13-7-5-12(11-16(13)19)6-8-15-10-9-14(4-2)18(21)17(15)20/h5,7,9-11,21H,3-4,6,8H2,1-2H3. The van der Waals surface area contributed by atoms with Crippen molar-refractivity contribution < 1.29 is 5.11 Å². The minimum Gasteiger partial charge on any atom is -0.506 e. The van der Waals surface area contributed by atoms with Crippen LogP contribution in [0.3, 0.4) is 0 Å². The first-order valence-corrected chi connectivity index (χ1v) is 8.08. The van der Waals surface area contributed by atoms with E-state index in [4.69, 9.17) is 23.2 Å². The highest BCUT2D eigenvalue weighted by atomic mass is 35.5. The van der Waals surface area contributed by atoms with Gasteiger partial charge in [0, 0.05) is 5.02 Å². The van der Waals surface area contributed by atoms with Crippen LogP contribution < -0.4 is 0 Å². The first kappa shape index (κ1) is 16.2. The Labute approximate surface area is 136 Å². The molecule has 0 saturated heterocycles. The molecule has 0 bridgehead atoms. The van der Waals surface area contributed by atoms with E-state index in [-0.39, 0.29) is 5.75 Å². The summed E-state index contributed by atoms with van der Waals surface area (Å²) in [6, 6.07) is 10.2. The van der Waals surface area contributed by atoms with Crippen LogP contribution in [0.1, 0.15) is 36.1 Å². The van der Waals surface area contributed by atoms with Crippen LogP contribution in [0.5, 0.6) is 5.75 Å². The third kappa shape index (κ3) is 3.72. The zero-order valence-electron chi connectivity index (χ0n) is 12.4. The third-order valence-electron chi connectivity index (χ3n) is 3.84. The van der Waals surface area contributed by atoms with E-state index in [9.17, 15) is 5.11 Å². The van der Waals surface area contributed by atoms with Crippen molar-refractivity contribution in [1.82, 2.24) is 0 Å². The van der Waals surface area contributed by atoms with Crippen LogP contribution in [0.15, 0.2) is 30.3 Å². The fraction of sp³-hybridized carbons (Fsp3) is 0.333. The molecule has 0 fully saturated rings. The van der Waals surface area contributed by atoms with E-state index in [1.807, 2.05) is 25.1 Å². The second-order valence-electron chi connectivity index (χ2n) is 5.18. The molecule has 0 aliphatic heterocycles. The SMILES string of the molecule is CCc1ccc(CCc2ccc(CC)c(O)c2Cl)cc1Cl. The second-order valence-corrected chi connectivity index (χ2v) is 5.96. The lowest BCUT2D eigenvalue weighted by Crippen LogP contribution is -1.95. The maximum atomic E-state index is 10.0. The highest BCUT2D eigenvalue weighted by Gasteiger charge is 2.10. The van der Waals surface area contributed by atoms with E-state index in [2.05, 4.69) is 19.1 Å². The minimum atomic E-state index is 0.219. The maximum Gasteiger partial charge on any atom is 0.137 e. The van der Waals surface area contributed by atoms with E-state index < -0.39 is 0 Å². The molecule has 0 spiro atoms. The average molecular weight is 323 g/mol. The van der Waals surface area contributed by atoms with Gasteiger partial charge in [0.1, 0.15) is 5.75 Å². The monoisotopic (exact) mass is 322 g/mol. The van der Waals surface area contributed by atoms with Gasteiger partial charge in [-0.05, 0) is 54.0 Å². The summed E-state index contributed by atoms with van der Waals surface area (Å²) in [5, 5.41) is 11.3. The number of halogens is 2. The van der Waals surface area contributed by atoms with Gasteiger partial charge in [0.25, 0.3) is 0 Å². The summed E-state index contributed by atoms with van der Waals surface area (Å²) in [7, 11) is 0. The molecule has 0 saturated carbocycles. The summed E-state index contributed by atoms with van der Waals surface area (Å²) in [4.78, 5) is 0. The number of hydrogen-bond acceptors (Lipinski definition) is 1. The van der Waals surface area contributed by atoms with Gasteiger partial charge in [-0.3, -0.25) is 0 Å². The van der Waals surface area contributed by atoms with Gasteiger partial charge >= 0.3 is 0 Å². The van der Waals surface area contributed by atoms with Gasteiger partial charge < -0.3 is 5.11 Å². The summed E-state index contributed by atoms with van der Waals surface area (Å²) in [5.41, 5.74) is 4.22. The van der Waals surface area contributed by atoms with E-state index in [1.54, 1.807) is 0 Å². The Morgan fingerprint density at radius 2 is 1.48 bits per heavy atom. The normalized spacial score (nSPS) is 10.9. The fourth-order valence-corrected chi connectivity index (χ4v) is 3.05. The molecule has 2 rings (SSSR count). The largest absolute Gasteiger partial charge is 0.506 e. The lowest BCUT2D eigenvalue weighted by atomic mass is 10.0. The summed E-state index contributed by atoms with van der Waals surface area (Å²) in [5.74, 6) is 0.219. The highest BCUT2D eigenvalue weighted by molar-refractivity contribution is 6.33. The molecule has 0 aliphatic rings. The molecule has 0 amide bonds. The second kappa shape index (κ2) is 7.20. The summed E-state index contributed by atoms with van der Waals surface area (Å²) in [6.45, 7) is 4.10. The van der Waals surface area contributed by atoms with Crippen LogP contribution in [0.4, 0.5) is 0 Å². The van der Waals surface area contributed by atoms with Crippen LogP contribution in [-0.4, -0.2) is 5.11 Å². The van der Waals surface area contributed by atoms with Crippen molar-refractivity contribution in [2.45, 2.75) is 39.5 Å². The number of hydrogen-bond donors (Lipinski definition) is 1. The quantitative estimate of drug-likeness (QED) is 0.758. The molecule has 0 unspecified atom stereocenters. The van der Waals surface area contributed by atoms with Crippen molar-refractivity contribution in [3.8, 4) is 5.75 Å². The Kier molecular flexibility index (Phi) is 5.55. The molecule has 21 heavy (non-hydrogen) atoms. The molecule has 1 N–H and O–H groups in total. The van der Waals surface area contributed by atoms with E-state index in [0.29, 0.717) is 5.02 Å². The van der Waals surface area contributed by atoms with Gasteiger partial charge in [0.05, 0.1) is 5.02 Å². The van der Waals surface area contributed by atoms with E-state index in [0.717, 1.165) is 41.8 Å². The first-order chi connectivity index (χ1) is 10.1. The third-order valence-corrected chi connectivity index (χ3v) is 4.62. The molecule has 112 valence electrons. The molecular formula is C18H20Cl2O. The molecule has 0 radical (unpaired) electrons. The Morgan fingerprint density at radius 1 is 0.857 bits per heavy atom. The molecule has 2 aromatic carbocycles. The van der Waals surface area contributed by atoms with E-state index in [1.165, 1.54) is 11.1 Å². The van der Waals surface area contributed by atoms with Gasteiger partial charge in [-0.1, -0.05) is 61.3 Å². The predicted octanol–water partition coefficient (Wildman–Crippen LogP) is 5.61.